The molecule has 29 heavy (non-hydrogen) atoms. The van der Waals surface area contributed by atoms with E-state index < -0.39 is 0 Å². The molecule has 0 aliphatic rings. The molecule has 0 bridgehead atoms. The molecule has 0 aliphatic heterocycles. The van der Waals surface area contributed by atoms with E-state index in [4.69, 9.17) is 5.73 Å². The third kappa shape index (κ3) is 4.13. The molecule has 0 unspecified atom stereocenters. The summed E-state index contributed by atoms with van der Waals surface area (Å²) >= 11 is 1.16. The van der Waals surface area contributed by atoms with Crippen LogP contribution in [0.5, 0.6) is 0 Å². The molecule has 0 saturated heterocycles. The zero-order chi connectivity index (χ0) is 21.0. The lowest BCUT2D eigenvalue weighted by atomic mass is 9.97. The van der Waals surface area contributed by atoms with Crippen molar-refractivity contribution in [3.8, 4) is 23.3 Å². The van der Waals surface area contributed by atoms with Crippen LogP contribution >= 0.6 is 11.8 Å². The SMILES string of the molecule is Cc1ccc(C(=O)CSc2nc(N)c(C#N)c(-c3ccccc3)c2C#N)c(C)c1. The highest BCUT2D eigenvalue weighted by atomic mass is 32.2. The predicted molar refractivity (Wildman–Crippen MR) is 114 cm³/mol. The van der Waals surface area contributed by atoms with Crippen molar-refractivity contribution >= 4 is 23.4 Å². The van der Waals surface area contributed by atoms with Crippen molar-refractivity contribution in [3.63, 3.8) is 0 Å². The lowest BCUT2D eigenvalue weighted by molar-refractivity contribution is 0.102. The summed E-state index contributed by atoms with van der Waals surface area (Å²) in [6, 6.07) is 19.0. The van der Waals surface area contributed by atoms with Gasteiger partial charge in [-0.25, -0.2) is 4.98 Å². The van der Waals surface area contributed by atoms with Crippen molar-refractivity contribution in [1.82, 2.24) is 4.98 Å². The number of hydrogen-bond donors (Lipinski definition) is 1. The molecule has 1 heterocycles. The van der Waals surface area contributed by atoms with Gasteiger partial charge in [-0.3, -0.25) is 4.79 Å². The number of aromatic nitrogens is 1. The molecule has 3 aromatic rings. The minimum absolute atomic E-state index is 0.0480. The Morgan fingerprint density at radius 1 is 1.07 bits per heavy atom. The number of rotatable bonds is 5. The fraction of sp³-hybridized carbons (Fsp3) is 0.130. The van der Waals surface area contributed by atoms with Crippen molar-refractivity contribution in [2.75, 3.05) is 11.5 Å². The van der Waals surface area contributed by atoms with Gasteiger partial charge in [0, 0.05) is 11.1 Å². The standard InChI is InChI=1S/C23H18N4OS/c1-14-8-9-17(15(2)10-14)20(28)13-29-23-19(12-25)21(16-6-4-3-5-7-16)18(11-24)22(26)27-23/h3-10H,13H2,1-2H3,(H2,26,27). The number of anilines is 1. The van der Waals surface area contributed by atoms with Crippen LogP contribution in [0.1, 0.15) is 32.6 Å². The van der Waals surface area contributed by atoms with Gasteiger partial charge in [0.05, 0.1) is 11.3 Å². The smallest absolute Gasteiger partial charge is 0.173 e. The van der Waals surface area contributed by atoms with Crippen LogP contribution in [-0.2, 0) is 0 Å². The summed E-state index contributed by atoms with van der Waals surface area (Å²) in [5, 5.41) is 19.7. The van der Waals surface area contributed by atoms with Crippen LogP contribution < -0.4 is 5.73 Å². The molecule has 5 nitrogen and oxygen atoms in total. The number of nitrogens with two attached hydrogens (primary N) is 1. The van der Waals surface area contributed by atoms with Crippen LogP contribution in [0.15, 0.2) is 53.6 Å². The number of hydrogen-bond acceptors (Lipinski definition) is 6. The molecule has 1 aromatic heterocycles. The lowest BCUT2D eigenvalue weighted by Gasteiger charge is -2.13. The van der Waals surface area contributed by atoms with Gasteiger partial charge in [0.1, 0.15) is 28.5 Å². The molecule has 2 N–H and O–H groups in total. The predicted octanol–water partition coefficient (Wildman–Crippen LogP) is 4.67. The normalized spacial score (nSPS) is 10.2. The fourth-order valence-electron chi connectivity index (χ4n) is 3.13. The maximum atomic E-state index is 12.7. The highest BCUT2D eigenvalue weighted by Crippen LogP contribution is 2.35. The number of thioether (sulfide) groups is 1. The number of nitriles is 2. The van der Waals surface area contributed by atoms with E-state index in [9.17, 15) is 15.3 Å². The maximum absolute atomic E-state index is 12.7. The summed E-state index contributed by atoms with van der Waals surface area (Å²) < 4.78 is 0. The van der Waals surface area contributed by atoms with Crippen LogP contribution in [0.4, 0.5) is 5.82 Å². The number of aryl methyl sites for hydroxylation is 2. The van der Waals surface area contributed by atoms with Crippen LogP contribution in [0.2, 0.25) is 0 Å². The Kier molecular flexibility index (Phi) is 5.97. The van der Waals surface area contributed by atoms with Crippen molar-refractivity contribution < 1.29 is 4.79 Å². The molecule has 0 aliphatic carbocycles. The molecule has 6 heteroatoms. The Bertz CT molecular complexity index is 1170. The Balaban J connectivity index is 2.00. The Morgan fingerprint density at radius 2 is 1.76 bits per heavy atom. The largest absolute Gasteiger partial charge is 0.383 e. The van der Waals surface area contributed by atoms with E-state index in [0.29, 0.717) is 21.7 Å². The van der Waals surface area contributed by atoms with Crippen LogP contribution in [-0.4, -0.2) is 16.5 Å². The topological polar surface area (TPSA) is 104 Å². The Hall–Kier alpha value is -3.61. The van der Waals surface area contributed by atoms with E-state index in [2.05, 4.69) is 17.1 Å². The first-order valence-corrected chi connectivity index (χ1v) is 9.87. The van der Waals surface area contributed by atoms with Gasteiger partial charge in [0.2, 0.25) is 0 Å². The molecule has 2 aromatic carbocycles. The highest BCUT2D eigenvalue weighted by molar-refractivity contribution is 8.00. The first-order chi connectivity index (χ1) is 14.0. The number of ketones is 1. The third-order valence-corrected chi connectivity index (χ3v) is 5.48. The van der Waals surface area contributed by atoms with Gasteiger partial charge in [-0.15, -0.1) is 0 Å². The molecular formula is C23H18N4OS. The van der Waals surface area contributed by atoms with Crippen molar-refractivity contribution in [2.24, 2.45) is 0 Å². The second-order valence-corrected chi connectivity index (χ2v) is 7.51. The summed E-state index contributed by atoms with van der Waals surface area (Å²) in [5.74, 6) is 0.111. The Labute approximate surface area is 173 Å². The molecule has 0 fully saturated rings. The molecule has 0 radical (unpaired) electrons. The van der Waals surface area contributed by atoms with E-state index >= 15 is 0 Å². The average Bonchev–Trinajstić information content (AvgIpc) is 2.72. The number of benzene rings is 2. The van der Waals surface area contributed by atoms with Gasteiger partial charge >= 0.3 is 0 Å². The number of carbonyl (C=O) groups excluding carboxylic acids is 1. The number of Topliss-reactive ketones (excluding diaryl/α,β-unsaturated/α-hetero) is 1. The molecule has 0 amide bonds. The summed E-state index contributed by atoms with van der Waals surface area (Å²) in [5.41, 5.74) is 10.2. The van der Waals surface area contributed by atoms with E-state index in [1.807, 2.05) is 62.4 Å². The first-order valence-electron chi connectivity index (χ1n) is 8.88. The monoisotopic (exact) mass is 398 g/mol. The first kappa shape index (κ1) is 20.1. The van der Waals surface area contributed by atoms with Gasteiger partial charge in [0.25, 0.3) is 0 Å². The molecule has 0 atom stereocenters. The molecule has 0 saturated carbocycles. The quantitative estimate of drug-likeness (QED) is 0.495. The summed E-state index contributed by atoms with van der Waals surface area (Å²) in [4.78, 5) is 16.9. The number of nitrogen functional groups attached to an aromatic ring is 1. The zero-order valence-electron chi connectivity index (χ0n) is 16.1. The second kappa shape index (κ2) is 8.60. The van der Waals surface area contributed by atoms with Crippen LogP contribution in [0, 0.1) is 36.5 Å². The van der Waals surface area contributed by atoms with Gasteiger partial charge in [-0.05, 0) is 25.0 Å². The molecule has 142 valence electrons. The number of nitrogens with zero attached hydrogens (tertiary/aromatic N) is 3. The van der Waals surface area contributed by atoms with Gasteiger partial charge < -0.3 is 5.73 Å². The number of carbonyl (C=O) groups is 1. The van der Waals surface area contributed by atoms with E-state index in [0.717, 1.165) is 22.9 Å². The Morgan fingerprint density at radius 3 is 2.38 bits per heavy atom. The second-order valence-electron chi connectivity index (χ2n) is 6.55. The van der Waals surface area contributed by atoms with Gasteiger partial charge in [-0.2, -0.15) is 10.5 Å². The summed E-state index contributed by atoms with van der Waals surface area (Å²) in [6.45, 7) is 3.88. The van der Waals surface area contributed by atoms with Crippen molar-refractivity contribution in [3.05, 3.63) is 76.3 Å². The molecular weight excluding hydrogens is 380 g/mol. The van der Waals surface area contributed by atoms with Gasteiger partial charge in [-0.1, -0.05) is 65.9 Å². The van der Waals surface area contributed by atoms with Gasteiger partial charge in [0.15, 0.2) is 5.78 Å². The minimum atomic E-state index is -0.0533. The average molecular weight is 398 g/mol. The fourth-order valence-corrected chi connectivity index (χ4v) is 4.01. The zero-order valence-corrected chi connectivity index (χ0v) is 16.9. The van der Waals surface area contributed by atoms with Crippen molar-refractivity contribution in [2.45, 2.75) is 18.9 Å². The molecule has 3 rings (SSSR count). The summed E-state index contributed by atoms with van der Waals surface area (Å²) in [7, 11) is 0. The van der Waals surface area contributed by atoms with E-state index in [-0.39, 0.29) is 28.5 Å². The van der Waals surface area contributed by atoms with Crippen molar-refractivity contribution in [1.29, 1.82) is 10.5 Å². The lowest BCUT2D eigenvalue weighted by Crippen LogP contribution is -2.07. The third-order valence-electron chi connectivity index (χ3n) is 4.50. The van der Waals surface area contributed by atoms with Crippen LogP contribution in [0.25, 0.3) is 11.1 Å². The van der Waals surface area contributed by atoms with Crippen LogP contribution in [0.3, 0.4) is 0 Å². The highest BCUT2D eigenvalue weighted by Gasteiger charge is 2.21. The maximum Gasteiger partial charge on any atom is 0.173 e. The van der Waals surface area contributed by atoms with E-state index in [1.54, 1.807) is 0 Å². The minimum Gasteiger partial charge on any atom is -0.383 e. The van der Waals surface area contributed by atoms with E-state index in [1.165, 1.54) is 0 Å². The summed E-state index contributed by atoms with van der Waals surface area (Å²) in [6.07, 6.45) is 0. The number of pyridine rings is 1. The molecule has 0 spiro atoms.